The van der Waals surface area contributed by atoms with E-state index >= 15 is 0 Å². The van der Waals surface area contributed by atoms with E-state index in [2.05, 4.69) is 42.5 Å². The van der Waals surface area contributed by atoms with E-state index in [9.17, 15) is 4.79 Å². The number of rotatable bonds is 14. The molecule has 1 rings (SSSR count). The second-order valence-electron chi connectivity index (χ2n) is 6.26. The molecule has 0 atom stereocenters. The van der Waals surface area contributed by atoms with Crippen molar-refractivity contribution in [2.24, 2.45) is 0 Å². The maximum atomic E-state index is 10.4. The van der Waals surface area contributed by atoms with E-state index in [0.29, 0.717) is 6.42 Å². The van der Waals surface area contributed by atoms with Crippen LogP contribution in [-0.4, -0.2) is 11.1 Å². The molecule has 0 amide bonds. The molecule has 0 fully saturated rings. The van der Waals surface area contributed by atoms with E-state index in [4.69, 9.17) is 5.11 Å². The Kier molecular flexibility index (Phi) is 11.9. The predicted octanol–water partition coefficient (Wildman–Crippen LogP) is 6.16. The quantitative estimate of drug-likeness (QED) is 0.329. The van der Waals surface area contributed by atoms with Crippen molar-refractivity contribution in [1.29, 1.82) is 0 Å². The Hall–Kier alpha value is -1.57. The molecule has 1 aromatic rings. The number of hydrogen-bond acceptors (Lipinski definition) is 1. The molecule has 0 aliphatic heterocycles. The number of aliphatic carboxylic acids is 1. The third kappa shape index (κ3) is 12.6. The van der Waals surface area contributed by atoms with Crippen LogP contribution in [0.25, 0.3) is 0 Å². The lowest BCUT2D eigenvalue weighted by Crippen LogP contribution is -1.93. The van der Waals surface area contributed by atoms with Crippen LogP contribution in [0.3, 0.4) is 0 Å². The average molecular weight is 316 g/mol. The van der Waals surface area contributed by atoms with Crippen molar-refractivity contribution in [3.8, 4) is 0 Å². The van der Waals surface area contributed by atoms with Crippen molar-refractivity contribution in [2.75, 3.05) is 0 Å². The van der Waals surface area contributed by atoms with Gasteiger partial charge >= 0.3 is 5.97 Å². The molecule has 1 aromatic carbocycles. The molecule has 0 aromatic heterocycles. The first-order valence-electron chi connectivity index (χ1n) is 9.20. The summed E-state index contributed by atoms with van der Waals surface area (Å²) in [6.45, 7) is 0. The number of carbonyl (C=O) groups is 1. The lowest BCUT2D eigenvalue weighted by molar-refractivity contribution is -0.137. The van der Waals surface area contributed by atoms with Gasteiger partial charge in [0.25, 0.3) is 0 Å². The van der Waals surface area contributed by atoms with Crippen molar-refractivity contribution in [3.05, 3.63) is 48.0 Å². The predicted molar refractivity (Wildman–Crippen MR) is 97.7 cm³/mol. The lowest BCUT2D eigenvalue weighted by atomic mass is 10.1. The summed E-state index contributed by atoms with van der Waals surface area (Å²) in [4.78, 5) is 10.4. The second-order valence-corrected chi connectivity index (χ2v) is 6.26. The number of hydrogen-bond donors (Lipinski definition) is 1. The summed E-state index contributed by atoms with van der Waals surface area (Å²) in [7, 11) is 0. The number of unbranched alkanes of at least 4 members (excludes halogenated alkanes) is 8. The molecule has 0 aliphatic rings. The molecule has 2 nitrogen and oxygen atoms in total. The summed E-state index contributed by atoms with van der Waals surface area (Å²) >= 11 is 0. The van der Waals surface area contributed by atoms with Gasteiger partial charge in [-0.05, 0) is 50.5 Å². The van der Waals surface area contributed by atoms with Crippen molar-refractivity contribution < 1.29 is 9.90 Å². The maximum absolute atomic E-state index is 10.4. The van der Waals surface area contributed by atoms with Gasteiger partial charge in [-0.15, -0.1) is 0 Å². The Labute approximate surface area is 141 Å². The average Bonchev–Trinajstić information content (AvgIpc) is 2.56. The fraction of sp³-hybridized carbons (Fsp3) is 0.571. The summed E-state index contributed by atoms with van der Waals surface area (Å²) in [5.74, 6) is -0.670. The molecule has 0 saturated carbocycles. The second kappa shape index (κ2) is 14.0. The summed E-state index contributed by atoms with van der Waals surface area (Å²) < 4.78 is 0. The zero-order valence-corrected chi connectivity index (χ0v) is 14.4. The molecule has 23 heavy (non-hydrogen) atoms. The van der Waals surface area contributed by atoms with Crippen LogP contribution in [0.5, 0.6) is 0 Å². The molecule has 0 unspecified atom stereocenters. The highest BCUT2D eigenvalue weighted by Crippen LogP contribution is 2.10. The van der Waals surface area contributed by atoms with E-state index in [-0.39, 0.29) is 0 Å². The largest absolute Gasteiger partial charge is 0.481 e. The van der Waals surface area contributed by atoms with Crippen LogP contribution in [0.1, 0.15) is 76.2 Å². The van der Waals surface area contributed by atoms with Crippen LogP contribution >= 0.6 is 0 Å². The van der Waals surface area contributed by atoms with E-state index in [0.717, 1.165) is 12.8 Å². The van der Waals surface area contributed by atoms with E-state index < -0.39 is 5.97 Å². The van der Waals surface area contributed by atoms with Gasteiger partial charge in [0.05, 0.1) is 0 Å². The Morgan fingerprint density at radius 3 is 2.00 bits per heavy atom. The van der Waals surface area contributed by atoms with E-state index in [1.807, 2.05) is 0 Å². The molecule has 0 spiro atoms. The number of benzene rings is 1. The highest BCUT2D eigenvalue weighted by atomic mass is 16.4. The Bertz CT molecular complexity index is 423. The standard InChI is InChI=1S/C21H32O2/c22-21(23)19-15-10-8-6-4-2-1-3-5-7-9-12-16-20-17-13-11-14-18-20/h1,3,11,13-14,17-18H,2,4-10,12,15-16,19H2,(H,22,23). The minimum Gasteiger partial charge on any atom is -0.481 e. The van der Waals surface area contributed by atoms with Gasteiger partial charge in [-0.25, -0.2) is 0 Å². The summed E-state index contributed by atoms with van der Waals surface area (Å²) in [6, 6.07) is 10.7. The van der Waals surface area contributed by atoms with Crippen LogP contribution in [0.2, 0.25) is 0 Å². The van der Waals surface area contributed by atoms with Crippen molar-refractivity contribution in [3.63, 3.8) is 0 Å². The van der Waals surface area contributed by atoms with Gasteiger partial charge in [-0.3, -0.25) is 4.79 Å². The van der Waals surface area contributed by atoms with Crippen LogP contribution < -0.4 is 0 Å². The normalized spacial score (nSPS) is 11.1. The van der Waals surface area contributed by atoms with Gasteiger partial charge in [-0.1, -0.05) is 68.2 Å². The maximum Gasteiger partial charge on any atom is 0.303 e. The number of allylic oxidation sites excluding steroid dienone is 2. The summed E-state index contributed by atoms with van der Waals surface area (Å²) in [5, 5.41) is 8.54. The van der Waals surface area contributed by atoms with Crippen LogP contribution in [-0.2, 0) is 11.2 Å². The van der Waals surface area contributed by atoms with E-state index in [1.165, 1.54) is 63.4 Å². The molecular weight excluding hydrogens is 284 g/mol. The van der Waals surface area contributed by atoms with Crippen molar-refractivity contribution >= 4 is 5.97 Å². The van der Waals surface area contributed by atoms with Crippen LogP contribution in [0.4, 0.5) is 0 Å². The minimum absolute atomic E-state index is 0.324. The molecule has 128 valence electrons. The number of carboxylic acid groups (broad SMARTS) is 1. The first-order valence-corrected chi connectivity index (χ1v) is 9.20. The number of aryl methyl sites for hydroxylation is 1. The highest BCUT2D eigenvalue weighted by Gasteiger charge is 1.96. The van der Waals surface area contributed by atoms with Crippen molar-refractivity contribution in [2.45, 2.75) is 77.0 Å². The first kappa shape index (κ1) is 19.5. The van der Waals surface area contributed by atoms with Gasteiger partial charge in [-0.2, -0.15) is 0 Å². The molecule has 0 saturated heterocycles. The molecule has 0 bridgehead atoms. The zero-order chi connectivity index (χ0) is 16.6. The molecule has 2 heteroatoms. The number of carboxylic acids is 1. The fourth-order valence-electron chi connectivity index (χ4n) is 2.72. The Morgan fingerprint density at radius 1 is 0.783 bits per heavy atom. The third-order valence-electron chi connectivity index (χ3n) is 4.11. The molecule has 0 radical (unpaired) electrons. The van der Waals surface area contributed by atoms with E-state index in [1.54, 1.807) is 0 Å². The summed E-state index contributed by atoms with van der Waals surface area (Å²) in [5.41, 5.74) is 1.45. The van der Waals surface area contributed by atoms with Gasteiger partial charge < -0.3 is 5.11 Å². The summed E-state index contributed by atoms with van der Waals surface area (Å²) in [6.07, 6.45) is 17.9. The van der Waals surface area contributed by atoms with Gasteiger partial charge in [0.15, 0.2) is 0 Å². The lowest BCUT2D eigenvalue weighted by Gasteiger charge is -2.00. The molecule has 0 aliphatic carbocycles. The topological polar surface area (TPSA) is 37.3 Å². The molecule has 1 N–H and O–H groups in total. The smallest absolute Gasteiger partial charge is 0.303 e. The molecule has 0 heterocycles. The fourth-order valence-corrected chi connectivity index (χ4v) is 2.72. The highest BCUT2D eigenvalue weighted by molar-refractivity contribution is 5.66. The monoisotopic (exact) mass is 316 g/mol. The third-order valence-corrected chi connectivity index (χ3v) is 4.11. The SMILES string of the molecule is O=C(O)CCCCCCCC=CCCCCCc1ccccc1. The van der Waals surface area contributed by atoms with Crippen LogP contribution in [0, 0.1) is 0 Å². The molecular formula is C21H32O2. The van der Waals surface area contributed by atoms with Gasteiger partial charge in [0, 0.05) is 6.42 Å². The van der Waals surface area contributed by atoms with Crippen molar-refractivity contribution in [1.82, 2.24) is 0 Å². The Balaban J connectivity index is 1.81. The zero-order valence-electron chi connectivity index (χ0n) is 14.4. The minimum atomic E-state index is -0.670. The first-order chi connectivity index (χ1) is 11.3. The van der Waals surface area contributed by atoms with Gasteiger partial charge in [0.1, 0.15) is 0 Å². The Morgan fingerprint density at radius 2 is 1.35 bits per heavy atom. The van der Waals surface area contributed by atoms with Crippen LogP contribution in [0.15, 0.2) is 42.5 Å². The van der Waals surface area contributed by atoms with Gasteiger partial charge in [0.2, 0.25) is 0 Å².